The zero-order valence-electron chi connectivity index (χ0n) is 17.6. The molecule has 2 aromatic carbocycles. The molecule has 158 valence electrons. The van der Waals surface area contributed by atoms with Crippen LogP contribution in [-0.4, -0.2) is 31.1 Å². The second kappa shape index (κ2) is 8.68. The number of hydrogen-bond donors (Lipinski definition) is 0. The maximum atomic E-state index is 12.5. The number of hydrogen-bond acceptors (Lipinski definition) is 6. The first-order chi connectivity index (χ1) is 14.8. The van der Waals surface area contributed by atoms with Crippen LogP contribution < -0.4 is 4.90 Å². The summed E-state index contributed by atoms with van der Waals surface area (Å²) in [4.78, 5) is 20.4. The van der Waals surface area contributed by atoms with Gasteiger partial charge in [-0.1, -0.05) is 33.6 Å². The molecule has 0 atom stereocenters. The molecule has 31 heavy (non-hydrogen) atoms. The minimum atomic E-state index is -0.0765. The number of benzene rings is 2. The Labute approximate surface area is 192 Å². The lowest BCUT2D eigenvalue weighted by atomic mass is 10.0. The Morgan fingerprint density at radius 3 is 2.45 bits per heavy atom. The van der Waals surface area contributed by atoms with Crippen LogP contribution in [0.2, 0.25) is 0 Å². The Morgan fingerprint density at radius 2 is 1.81 bits per heavy atom. The van der Waals surface area contributed by atoms with Gasteiger partial charge in [0.15, 0.2) is 5.13 Å². The molecule has 1 amide bonds. The first-order valence-corrected chi connectivity index (χ1v) is 11.4. The van der Waals surface area contributed by atoms with Crippen molar-refractivity contribution in [1.29, 1.82) is 0 Å². The summed E-state index contributed by atoms with van der Waals surface area (Å²) in [7, 11) is 0. The second-order valence-corrected chi connectivity index (χ2v) is 9.13. The lowest BCUT2D eigenvalue weighted by Gasteiger charge is -2.23. The van der Waals surface area contributed by atoms with E-state index in [0.717, 1.165) is 32.5 Å². The van der Waals surface area contributed by atoms with Gasteiger partial charge >= 0.3 is 0 Å². The van der Waals surface area contributed by atoms with Crippen molar-refractivity contribution in [3.8, 4) is 11.4 Å². The molecule has 2 aromatic heterocycles. The SMILES string of the molecule is CC(=O)N(c1nc(Cn2nnc(-c3ccc(Br)cc3)n2)cs1)c1c(C)cc(C)cc1C. The van der Waals surface area contributed by atoms with E-state index in [-0.39, 0.29) is 5.91 Å². The van der Waals surface area contributed by atoms with E-state index in [4.69, 9.17) is 4.98 Å². The molecule has 0 aliphatic rings. The van der Waals surface area contributed by atoms with Crippen LogP contribution in [0, 0.1) is 20.8 Å². The Hall–Kier alpha value is -2.91. The molecule has 4 aromatic rings. The summed E-state index contributed by atoms with van der Waals surface area (Å²) in [6, 6.07) is 11.9. The highest BCUT2D eigenvalue weighted by atomic mass is 79.9. The number of nitrogens with zero attached hydrogens (tertiary/aromatic N) is 6. The maximum Gasteiger partial charge on any atom is 0.230 e. The third-order valence-corrected chi connectivity index (χ3v) is 6.17. The van der Waals surface area contributed by atoms with E-state index in [1.807, 2.05) is 43.5 Å². The van der Waals surface area contributed by atoms with Gasteiger partial charge in [0.1, 0.15) is 6.54 Å². The van der Waals surface area contributed by atoms with Crippen LogP contribution in [0.3, 0.4) is 0 Å². The van der Waals surface area contributed by atoms with Crippen molar-refractivity contribution in [2.45, 2.75) is 34.2 Å². The second-order valence-electron chi connectivity index (χ2n) is 7.37. The highest BCUT2D eigenvalue weighted by Crippen LogP contribution is 2.34. The van der Waals surface area contributed by atoms with Crippen LogP contribution in [0.25, 0.3) is 11.4 Å². The highest BCUT2D eigenvalue weighted by Gasteiger charge is 2.22. The molecule has 0 aliphatic carbocycles. The molecule has 4 rings (SSSR count). The van der Waals surface area contributed by atoms with Crippen LogP contribution in [0.4, 0.5) is 10.8 Å². The molecule has 2 heterocycles. The fourth-order valence-electron chi connectivity index (χ4n) is 3.55. The fourth-order valence-corrected chi connectivity index (χ4v) is 4.68. The molecule has 0 radical (unpaired) electrons. The molecule has 0 N–H and O–H groups in total. The van der Waals surface area contributed by atoms with Gasteiger partial charge in [-0.25, -0.2) is 4.98 Å². The number of carbonyl (C=O) groups excluding carboxylic acids is 1. The highest BCUT2D eigenvalue weighted by molar-refractivity contribution is 9.10. The lowest BCUT2D eigenvalue weighted by molar-refractivity contribution is -0.115. The van der Waals surface area contributed by atoms with E-state index in [2.05, 4.69) is 50.4 Å². The van der Waals surface area contributed by atoms with Gasteiger partial charge in [0.2, 0.25) is 11.7 Å². The monoisotopic (exact) mass is 496 g/mol. The van der Waals surface area contributed by atoms with Gasteiger partial charge in [-0.2, -0.15) is 4.80 Å². The quantitative estimate of drug-likeness (QED) is 0.378. The summed E-state index contributed by atoms with van der Waals surface area (Å²) < 4.78 is 0.993. The van der Waals surface area contributed by atoms with Crippen molar-refractivity contribution in [1.82, 2.24) is 25.2 Å². The third kappa shape index (κ3) is 4.57. The van der Waals surface area contributed by atoms with Crippen molar-refractivity contribution >= 4 is 44.0 Å². The van der Waals surface area contributed by atoms with Gasteiger partial charge in [0, 0.05) is 22.3 Å². The van der Waals surface area contributed by atoms with Crippen molar-refractivity contribution in [2.24, 2.45) is 0 Å². The van der Waals surface area contributed by atoms with Crippen LogP contribution >= 0.6 is 27.3 Å². The number of rotatable bonds is 5. The molecule has 0 spiro atoms. The number of carbonyl (C=O) groups is 1. The van der Waals surface area contributed by atoms with Crippen LogP contribution in [0.15, 0.2) is 46.3 Å². The van der Waals surface area contributed by atoms with Crippen molar-refractivity contribution < 1.29 is 4.79 Å². The summed E-state index contributed by atoms with van der Waals surface area (Å²) in [6.07, 6.45) is 0. The largest absolute Gasteiger partial charge is 0.274 e. The molecule has 0 bridgehead atoms. The zero-order valence-corrected chi connectivity index (χ0v) is 20.0. The molecule has 0 aliphatic heterocycles. The Balaban J connectivity index is 1.59. The van der Waals surface area contributed by atoms with E-state index in [0.29, 0.717) is 17.5 Å². The number of thiazole rings is 1. The van der Waals surface area contributed by atoms with E-state index >= 15 is 0 Å². The number of aryl methyl sites for hydroxylation is 3. The van der Waals surface area contributed by atoms with Crippen molar-refractivity contribution in [2.75, 3.05) is 4.90 Å². The first kappa shape index (κ1) is 21.3. The molecular weight excluding hydrogens is 476 g/mol. The minimum Gasteiger partial charge on any atom is -0.274 e. The number of tetrazole rings is 1. The summed E-state index contributed by atoms with van der Waals surface area (Å²) >= 11 is 4.85. The van der Waals surface area contributed by atoms with Gasteiger partial charge in [-0.05, 0) is 61.4 Å². The average Bonchev–Trinajstić information content (AvgIpc) is 3.35. The van der Waals surface area contributed by atoms with Gasteiger partial charge in [0.05, 0.1) is 11.4 Å². The molecule has 0 unspecified atom stereocenters. The summed E-state index contributed by atoms with van der Waals surface area (Å²) in [5.74, 6) is 0.478. The van der Waals surface area contributed by atoms with Crippen LogP contribution in [0.1, 0.15) is 29.3 Å². The molecular formula is C22H21BrN6OS. The van der Waals surface area contributed by atoms with Crippen LogP contribution in [0.5, 0.6) is 0 Å². The fraction of sp³-hybridized carbons (Fsp3) is 0.227. The number of amides is 1. The normalized spacial score (nSPS) is 11.0. The van der Waals surface area contributed by atoms with Gasteiger partial charge in [-0.3, -0.25) is 9.69 Å². The first-order valence-electron chi connectivity index (χ1n) is 9.68. The van der Waals surface area contributed by atoms with Crippen molar-refractivity contribution in [3.63, 3.8) is 0 Å². The zero-order chi connectivity index (χ0) is 22.1. The smallest absolute Gasteiger partial charge is 0.230 e. The molecule has 0 saturated heterocycles. The summed E-state index contributed by atoms with van der Waals surface area (Å²) in [6.45, 7) is 8.02. The van der Waals surface area contributed by atoms with Gasteiger partial charge in [0.25, 0.3) is 0 Å². The molecule has 7 nitrogen and oxygen atoms in total. The van der Waals surface area contributed by atoms with Gasteiger partial charge in [-0.15, -0.1) is 21.5 Å². The Kier molecular flexibility index (Phi) is 5.97. The Morgan fingerprint density at radius 1 is 1.13 bits per heavy atom. The predicted octanol–water partition coefficient (Wildman–Crippen LogP) is 5.22. The topological polar surface area (TPSA) is 76.8 Å². The molecule has 0 saturated carbocycles. The van der Waals surface area contributed by atoms with E-state index in [9.17, 15) is 4.79 Å². The van der Waals surface area contributed by atoms with E-state index in [1.165, 1.54) is 21.7 Å². The number of anilines is 2. The predicted molar refractivity (Wildman–Crippen MR) is 126 cm³/mol. The number of halogens is 1. The van der Waals surface area contributed by atoms with Gasteiger partial charge < -0.3 is 0 Å². The Bertz CT molecular complexity index is 1220. The number of aromatic nitrogens is 5. The standard InChI is InChI=1S/C22H21BrN6OS/c1-13-9-14(2)20(15(3)10-13)29(16(4)30)22-24-19(12-31-22)11-28-26-21(25-27-28)17-5-7-18(23)8-6-17/h5-10,12H,11H2,1-4H3. The van der Waals surface area contributed by atoms with Crippen LogP contribution in [-0.2, 0) is 11.3 Å². The van der Waals surface area contributed by atoms with E-state index in [1.54, 1.807) is 11.8 Å². The summed E-state index contributed by atoms with van der Waals surface area (Å²) in [5, 5.41) is 15.3. The molecule has 9 heteroatoms. The summed E-state index contributed by atoms with van der Waals surface area (Å²) in [5.41, 5.74) is 5.80. The minimum absolute atomic E-state index is 0.0765. The molecule has 0 fully saturated rings. The van der Waals surface area contributed by atoms with Crippen molar-refractivity contribution in [3.05, 3.63) is 68.6 Å². The maximum absolute atomic E-state index is 12.5. The average molecular weight is 497 g/mol. The van der Waals surface area contributed by atoms with E-state index < -0.39 is 0 Å². The lowest BCUT2D eigenvalue weighted by Crippen LogP contribution is -2.24. The third-order valence-electron chi connectivity index (χ3n) is 4.76.